The molecule has 1 amide bonds. The van der Waals surface area contributed by atoms with Gasteiger partial charge in [-0.15, -0.1) is 0 Å². The Balaban J connectivity index is 2.05. The lowest BCUT2D eigenvalue weighted by Gasteiger charge is -2.24. The highest BCUT2D eigenvalue weighted by Crippen LogP contribution is 2.24. The maximum atomic E-state index is 11.9. The summed E-state index contributed by atoms with van der Waals surface area (Å²) in [6.07, 6.45) is -1.17. The predicted octanol–water partition coefficient (Wildman–Crippen LogP) is 1.04. The monoisotopic (exact) mass is 253 g/mol. The maximum absolute atomic E-state index is 11.9. The number of nitrogens with zero attached hydrogens (tertiary/aromatic N) is 3. The van der Waals surface area contributed by atoms with E-state index in [1.54, 1.807) is 11.8 Å². The van der Waals surface area contributed by atoms with Crippen LogP contribution in [0.25, 0.3) is 0 Å². The second kappa shape index (κ2) is 4.35. The Bertz CT molecular complexity index is 423. The summed E-state index contributed by atoms with van der Waals surface area (Å²) in [4.78, 5) is 21.8. The van der Waals surface area contributed by atoms with E-state index < -0.39 is 11.8 Å². The van der Waals surface area contributed by atoms with Gasteiger partial charge >= 0.3 is 6.09 Å². The lowest BCUT2D eigenvalue weighted by atomic mass is 10.0. The van der Waals surface area contributed by atoms with Crippen molar-refractivity contribution in [1.82, 2.24) is 4.90 Å². The van der Waals surface area contributed by atoms with Gasteiger partial charge in [-0.3, -0.25) is 0 Å². The molecule has 0 aromatic heterocycles. The van der Waals surface area contributed by atoms with E-state index in [1.807, 2.05) is 20.8 Å². The molecule has 1 fully saturated rings. The van der Waals surface area contributed by atoms with Crippen LogP contribution < -0.4 is 0 Å². The van der Waals surface area contributed by atoms with E-state index in [-0.39, 0.29) is 12.0 Å². The molecule has 0 aromatic carbocycles. The van der Waals surface area contributed by atoms with Gasteiger partial charge in [0.1, 0.15) is 11.4 Å². The molecular formula is C12H19N3O3. The van der Waals surface area contributed by atoms with Crippen molar-refractivity contribution in [1.29, 1.82) is 0 Å². The molecule has 18 heavy (non-hydrogen) atoms. The molecule has 0 spiro atoms. The van der Waals surface area contributed by atoms with Crippen molar-refractivity contribution in [3.63, 3.8) is 0 Å². The first-order chi connectivity index (χ1) is 8.26. The summed E-state index contributed by atoms with van der Waals surface area (Å²) in [5.41, 5.74) is 0.290. The van der Waals surface area contributed by atoms with Crippen LogP contribution >= 0.6 is 0 Å². The Labute approximate surface area is 106 Å². The molecule has 2 rings (SSSR count). The zero-order valence-corrected chi connectivity index (χ0v) is 11.2. The van der Waals surface area contributed by atoms with Crippen LogP contribution in [-0.2, 0) is 4.74 Å². The van der Waals surface area contributed by atoms with E-state index in [2.05, 4.69) is 9.98 Å². The average Bonchev–Trinajstić information content (AvgIpc) is 2.58. The van der Waals surface area contributed by atoms with Crippen LogP contribution in [0, 0.1) is 5.92 Å². The summed E-state index contributed by atoms with van der Waals surface area (Å²) < 4.78 is 5.30. The van der Waals surface area contributed by atoms with Crippen molar-refractivity contribution in [3.05, 3.63) is 0 Å². The Kier molecular flexibility index (Phi) is 3.14. The fourth-order valence-electron chi connectivity index (χ4n) is 2.09. The van der Waals surface area contributed by atoms with Gasteiger partial charge in [-0.1, -0.05) is 0 Å². The third-order valence-electron chi connectivity index (χ3n) is 2.83. The summed E-state index contributed by atoms with van der Waals surface area (Å²) in [6, 6.07) is 0. The summed E-state index contributed by atoms with van der Waals surface area (Å²) in [5, 5.41) is 9.83. The number of aliphatic imine (C=N–C) groups is 2. The minimum Gasteiger partial charge on any atom is -0.444 e. The number of aliphatic hydroxyl groups excluding tert-OH is 1. The molecule has 2 atom stereocenters. The number of ether oxygens (including phenoxy) is 1. The first-order valence-corrected chi connectivity index (χ1v) is 6.04. The number of hydrogen-bond acceptors (Lipinski definition) is 5. The minimum atomic E-state index is -0.801. The summed E-state index contributed by atoms with van der Waals surface area (Å²) in [7, 11) is 0. The number of aliphatic hydroxyl groups is 1. The minimum absolute atomic E-state index is 0.193. The second-order valence-electron chi connectivity index (χ2n) is 5.66. The van der Waals surface area contributed by atoms with E-state index in [1.165, 1.54) is 0 Å². The molecular weight excluding hydrogens is 234 g/mol. The SMILES string of the molecule is CC1=NC(O)C2CN(C(=O)OC(C)(C)C)CC2=N1. The smallest absolute Gasteiger partial charge is 0.410 e. The number of amidine groups is 1. The Morgan fingerprint density at radius 3 is 2.78 bits per heavy atom. The van der Waals surface area contributed by atoms with Gasteiger partial charge in [0.25, 0.3) is 0 Å². The van der Waals surface area contributed by atoms with Crippen LogP contribution in [0.5, 0.6) is 0 Å². The van der Waals surface area contributed by atoms with Crippen molar-refractivity contribution >= 4 is 17.6 Å². The summed E-state index contributed by atoms with van der Waals surface area (Å²) >= 11 is 0. The Morgan fingerprint density at radius 1 is 1.50 bits per heavy atom. The van der Waals surface area contributed by atoms with Gasteiger partial charge in [-0.25, -0.2) is 14.8 Å². The Hall–Kier alpha value is -1.43. The normalized spacial score (nSPS) is 27.5. The highest BCUT2D eigenvalue weighted by atomic mass is 16.6. The lowest BCUT2D eigenvalue weighted by Crippen LogP contribution is -2.36. The second-order valence-corrected chi connectivity index (χ2v) is 5.66. The van der Waals surface area contributed by atoms with E-state index in [9.17, 15) is 9.90 Å². The summed E-state index contributed by atoms with van der Waals surface area (Å²) in [6.45, 7) is 8.03. The molecule has 6 heteroatoms. The maximum Gasteiger partial charge on any atom is 0.410 e. The largest absolute Gasteiger partial charge is 0.444 e. The highest BCUT2D eigenvalue weighted by Gasteiger charge is 2.39. The molecule has 0 radical (unpaired) electrons. The van der Waals surface area contributed by atoms with Crippen molar-refractivity contribution in [2.75, 3.05) is 13.1 Å². The first-order valence-electron chi connectivity index (χ1n) is 6.04. The topological polar surface area (TPSA) is 74.5 Å². The number of carbonyl (C=O) groups excluding carboxylic acids is 1. The van der Waals surface area contributed by atoms with Gasteiger partial charge in [0.05, 0.1) is 12.5 Å². The highest BCUT2D eigenvalue weighted by molar-refractivity contribution is 6.03. The van der Waals surface area contributed by atoms with Crippen LogP contribution in [-0.4, -0.2) is 52.6 Å². The molecule has 2 aliphatic rings. The van der Waals surface area contributed by atoms with Gasteiger partial charge in [-0.2, -0.15) is 0 Å². The molecule has 2 unspecified atom stereocenters. The molecule has 0 saturated carbocycles. The van der Waals surface area contributed by atoms with Gasteiger partial charge in [0.15, 0.2) is 6.23 Å². The average molecular weight is 253 g/mol. The standard InChI is InChI=1S/C12H19N3O3/c1-7-13-9-6-15(5-8(9)10(16)14-7)11(17)18-12(2,3)4/h8,10,16H,5-6H2,1-4H3. The molecule has 100 valence electrons. The van der Waals surface area contributed by atoms with Crippen molar-refractivity contribution in [3.8, 4) is 0 Å². The molecule has 1 saturated heterocycles. The number of carbonyl (C=O) groups is 1. The number of fused-ring (bicyclic) bond motifs is 1. The third-order valence-corrected chi connectivity index (χ3v) is 2.83. The van der Waals surface area contributed by atoms with Gasteiger partial charge < -0.3 is 14.7 Å². The quantitative estimate of drug-likeness (QED) is 0.701. The molecule has 6 nitrogen and oxygen atoms in total. The zero-order valence-electron chi connectivity index (χ0n) is 11.2. The number of amides is 1. The molecule has 2 aliphatic heterocycles. The zero-order chi connectivity index (χ0) is 13.5. The van der Waals surface area contributed by atoms with Crippen LogP contribution in [0.3, 0.4) is 0 Å². The number of rotatable bonds is 0. The van der Waals surface area contributed by atoms with E-state index >= 15 is 0 Å². The van der Waals surface area contributed by atoms with Crippen LogP contribution in [0.4, 0.5) is 4.79 Å². The van der Waals surface area contributed by atoms with E-state index in [0.29, 0.717) is 18.9 Å². The van der Waals surface area contributed by atoms with Gasteiger partial charge in [0.2, 0.25) is 0 Å². The van der Waals surface area contributed by atoms with Crippen LogP contribution in [0.2, 0.25) is 0 Å². The first kappa shape index (κ1) is 13.0. The van der Waals surface area contributed by atoms with Gasteiger partial charge in [-0.05, 0) is 27.7 Å². The third kappa shape index (κ3) is 2.69. The van der Waals surface area contributed by atoms with Crippen LogP contribution in [0.15, 0.2) is 9.98 Å². The van der Waals surface area contributed by atoms with Crippen molar-refractivity contribution in [2.45, 2.75) is 39.5 Å². The predicted molar refractivity (Wildman–Crippen MR) is 67.8 cm³/mol. The number of hydrogen-bond donors (Lipinski definition) is 1. The van der Waals surface area contributed by atoms with E-state index in [4.69, 9.17) is 4.74 Å². The van der Waals surface area contributed by atoms with Crippen LogP contribution in [0.1, 0.15) is 27.7 Å². The molecule has 0 aromatic rings. The molecule has 0 bridgehead atoms. The van der Waals surface area contributed by atoms with Crippen molar-refractivity contribution in [2.24, 2.45) is 15.9 Å². The fraction of sp³-hybridized carbons (Fsp3) is 0.750. The molecule has 1 N–H and O–H groups in total. The fourth-order valence-corrected chi connectivity index (χ4v) is 2.09. The molecule has 2 heterocycles. The van der Waals surface area contributed by atoms with Crippen molar-refractivity contribution < 1.29 is 14.6 Å². The number of likely N-dealkylation sites (tertiary alicyclic amines) is 1. The molecule has 0 aliphatic carbocycles. The Morgan fingerprint density at radius 2 is 2.17 bits per heavy atom. The van der Waals surface area contributed by atoms with Gasteiger partial charge in [0, 0.05) is 12.3 Å². The summed E-state index contributed by atoms with van der Waals surface area (Å²) in [5.74, 6) is 0.362. The lowest BCUT2D eigenvalue weighted by molar-refractivity contribution is 0.0271. The van der Waals surface area contributed by atoms with E-state index in [0.717, 1.165) is 5.71 Å².